The van der Waals surface area contributed by atoms with Gasteiger partial charge in [0.15, 0.2) is 0 Å². The molecule has 7 nitrogen and oxygen atoms in total. The maximum absolute atomic E-state index is 12.1. The Morgan fingerprint density at radius 2 is 2.00 bits per heavy atom. The Hall–Kier alpha value is -1.51. The Bertz CT molecular complexity index is 611. The fourth-order valence-corrected chi connectivity index (χ4v) is 2.47. The van der Waals surface area contributed by atoms with Crippen LogP contribution in [0.4, 0.5) is 0 Å². The zero-order chi connectivity index (χ0) is 13.2. The van der Waals surface area contributed by atoms with Crippen molar-refractivity contribution in [2.45, 2.75) is 11.4 Å². The molecule has 2 aromatic heterocycles. The summed E-state index contributed by atoms with van der Waals surface area (Å²) in [5.41, 5.74) is 0.760. The summed E-state index contributed by atoms with van der Waals surface area (Å²) in [4.78, 5) is 7.31. The monoisotopic (exact) mass is 287 g/mol. The summed E-state index contributed by atoms with van der Waals surface area (Å²) in [5, 5.41) is 6.38. The third-order valence-corrected chi connectivity index (χ3v) is 4.22. The van der Waals surface area contributed by atoms with Gasteiger partial charge in [-0.15, -0.1) is 0 Å². The molecule has 2 rings (SSSR count). The first-order valence-electron chi connectivity index (χ1n) is 4.91. The van der Waals surface area contributed by atoms with Gasteiger partial charge in [-0.05, 0) is 11.6 Å². The average Bonchev–Trinajstić information content (AvgIpc) is 2.82. The Balaban J connectivity index is 2.22. The summed E-state index contributed by atoms with van der Waals surface area (Å²) in [6, 6.07) is 0. The van der Waals surface area contributed by atoms with Crippen molar-refractivity contribution in [2.75, 3.05) is 7.05 Å². The van der Waals surface area contributed by atoms with E-state index in [-0.39, 0.29) is 16.7 Å². The zero-order valence-electron chi connectivity index (χ0n) is 9.41. The molecule has 0 aliphatic carbocycles. The lowest BCUT2D eigenvalue weighted by Crippen LogP contribution is -2.26. The van der Waals surface area contributed by atoms with Gasteiger partial charge in [-0.25, -0.2) is 18.4 Å². The van der Waals surface area contributed by atoms with Crippen molar-refractivity contribution in [1.82, 2.24) is 24.5 Å². The average molecular weight is 288 g/mol. The molecule has 0 saturated heterocycles. The summed E-state index contributed by atoms with van der Waals surface area (Å²) < 4.78 is 25.5. The first-order chi connectivity index (χ1) is 8.50. The van der Waals surface area contributed by atoms with Crippen molar-refractivity contribution in [1.29, 1.82) is 0 Å². The van der Waals surface area contributed by atoms with E-state index in [1.165, 1.54) is 23.7 Å². The Labute approximate surface area is 109 Å². The second kappa shape index (κ2) is 5.01. The van der Waals surface area contributed by atoms with Crippen LogP contribution in [0.25, 0.3) is 0 Å². The minimum absolute atomic E-state index is 0.00195. The van der Waals surface area contributed by atoms with Crippen LogP contribution in [0.15, 0.2) is 29.7 Å². The molecular formula is C9H10ClN5O2S. The van der Waals surface area contributed by atoms with Crippen LogP contribution in [-0.4, -0.2) is 39.9 Å². The molecule has 0 bridgehead atoms. The number of H-pyrrole nitrogens is 1. The fraction of sp³-hybridized carbons (Fsp3) is 0.222. The van der Waals surface area contributed by atoms with Crippen LogP contribution in [0.3, 0.4) is 0 Å². The van der Waals surface area contributed by atoms with Crippen molar-refractivity contribution in [3.63, 3.8) is 0 Å². The predicted molar refractivity (Wildman–Crippen MR) is 64.3 cm³/mol. The summed E-state index contributed by atoms with van der Waals surface area (Å²) in [6.07, 6.45) is 5.54. The van der Waals surface area contributed by atoms with E-state index in [4.69, 9.17) is 11.6 Å². The lowest BCUT2D eigenvalue weighted by Gasteiger charge is -2.15. The van der Waals surface area contributed by atoms with Crippen LogP contribution in [0, 0.1) is 0 Å². The summed E-state index contributed by atoms with van der Waals surface area (Å²) in [6.45, 7) is 0.210. The lowest BCUT2D eigenvalue weighted by molar-refractivity contribution is 0.466. The van der Waals surface area contributed by atoms with Crippen LogP contribution >= 0.6 is 11.6 Å². The Morgan fingerprint density at radius 3 is 2.56 bits per heavy atom. The Kier molecular flexibility index (Phi) is 3.60. The smallest absolute Gasteiger partial charge is 0.246 e. The van der Waals surface area contributed by atoms with Gasteiger partial charge in [0.25, 0.3) is 0 Å². The minimum Gasteiger partial charge on any atom is -0.285 e. The second-order valence-electron chi connectivity index (χ2n) is 3.56. The number of halogens is 1. The maximum atomic E-state index is 12.1. The van der Waals surface area contributed by atoms with Gasteiger partial charge in [0.05, 0.1) is 18.6 Å². The SMILES string of the molecule is CN(Cc1cn[nH]c1)S(=O)(=O)c1cnc(Cl)nc1. The molecule has 0 unspecified atom stereocenters. The lowest BCUT2D eigenvalue weighted by atomic mass is 10.4. The fourth-order valence-electron chi connectivity index (χ4n) is 1.32. The number of aromatic nitrogens is 4. The highest BCUT2D eigenvalue weighted by Crippen LogP contribution is 2.15. The van der Waals surface area contributed by atoms with Gasteiger partial charge >= 0.3 is 0 Å². The maximum Gasteiger partial charge on any atom is 0.246 e. The van der Waals surface area contributed by atoms with E-state index in [9.17, 15) is 8.42 Å². The molecule has 0 aliphatic rings. The van der Waals surface area contributed by atoms with Crippen molar-refractivity contribution in [2.24, 2.45) is 0 Å². The van der Waals surface area contributed by atoms with E-state index in [0.29, 0.717) is 0 Å². The summed E-state index contributed by atoms with van der Waals surface area (Å²) in [5.74, 6) is 0. The van der Waals surface area contributed by atoms with Gasteiger partial charge in [0.1, 0.15) is 4.90 Å². The third kappa shape index (κ3) is 2.66. The molecule has 96 valence electrons. The molecular weight excluding hydrogens is 278 g/mol. The highest BCUT2D eigenvalue weighted by molar-refractivity contribution is 7.89. The molecule has 0 atom stereocenters. The number of rotatable bonds is 4. The standard InChI is InChI=1S/C9H10ClN5O2S/c1-15(6-7-2-13-14-3-7)18(16,17)8-4-11-9(10)12-5-8/h2-5H,6H2,1H3,(H,13,14). The van der Waals surface area contributed by atoms with Gasteiger partial charge in [-0.2, -0.15) is 9.40 Å². The quantitative estimate of drug-likeness (QED) is 0.835. The molecule has 0 aliphatic heterocycles. The molecule has 9 heteroatoms. The molecule has 1 N–H and O–H groups in total. The number of nitrogens with zero attached hydrogens (tertiary/aromatic N) is 4. The molecule has 0 aromatic carbocycles. The van der Waals surface area contributed by atoms with Crippen molar-refractivity contribution < 1.29 is 8.42 Å². The van der Waals surface area contributed by atoms with E-state index in [2.05, 4.69) is 20.2 Å². The normalized spacial score (nSPS) is 11.9. The van der Waals surface area contributed by atoms with Gasteiger partial charge in [-0.1, -0.05) is 0 Å². The number of hydrogen-bond acceptors (Lipinski definition) is 5. The van der Waals surface area contributed by atoms with Crippen molar-refractivity contribution in [3.05, 3.63) is 35.6 Å². The topological polar surface area (TPSA) is 91.8 Å². The third-order valence-electron chi connectivity index (χ3n) is 2.26. The van der Waals surface area contributed by atoms with E-state index in [1.807, 2.05) is 0 Å². The van der Waals surface area contributed by atoms with E-state index in [1.54, 1.807) is 12.4 Å². The first kappa shape index (κ1) is 12.9. The molecule has 0 radical (unpaired) electrons. The highest BCUT2D eigenvalue weighted by atomic mass is 35.5. The number of nitrogens with one attached hydrogen (secondary N) is 1. The number of sulfonamides is 1. The molecule has 0 amide bonds. The van der Waals surface area contributed by atoms with Gasteiger partial charge in [-0.3, -0.25) is 5.10 Å². The minimum atomic E-state index is -3.62. The molecule has 0 fully saturated rings. The summed E-state index contributed by atoms with van der Waals surface area (Å²) >= 11 is 5.51. The van der Waals surface area contributed by atoms with E-state index >= 15 is 0 Å². The van der Waals surface area contributed by atoms with Gasteiger partial charge < -0.3 is 0 Å². The van der Waals surface area contributed by atoms with Crippen LogP contribution in [-0.2, 0) is 16.6 Å². The molecule has 0 saturated carbocycles. The number of aromatic amines is 1. The van der Waals surface area contributed by atoms with Crippen molar-refractivity contribution in [3.8, 4) is 0 Å². The van der Waals surface area contributed by atoms with Crippen LogP contribution in [0.1, 0.15) is 5.56 Å². The van der Waals surface area contributed by atoms with Gasteiger partial charge in [0.2, 0.25) is 15.3 Å². The second-order valence-corrected chi connectivity index (χ2v) is 5.94. The highest BCUT2D eigenvalue weighted by Gasteiger charge is 2.22. The van der Waals surface area contributed by atoms with E-state index in [0.717, 1.165) is 5.56 Å². The molecule has 0 spiro atoms. The van der Waals surface area contributed by atoms with Crippen LogP contribution in [0.5, 0.6) is 0 Å². The predicted octanol–water partition coefficient (Wildman–Crippen LogP) is 0.674. The summed E-state index contributed by atoms with van der Waals surface area (Å²) in [7, 11) is -2.15. The van der Waals surface area contributed by atoms with Gasteiger partial charge in [0, 0.05) is 25.4 Å². The number of hydrogen-bond donors (Lipinski definition) is 1. The van der Waals surface area contributed by atoms with Crippen LogP contribution in [0.2, 0.25) is 5.28 Å². The zero-order valence-corrected chi connectivity index (χ0v) is 11.0. The molecule has 2 heterocycles. The molecule has 18 heavy (non-hydrogen) atoms. The Morgan fingerprint density at radius 1 is 1.33 bits per heavy atom. The van der Waals surface area contributed by atoms with Crippen LogP contribution < -0.4 is 0 Å². The van der Waals surface area contributed by atoms with E-state index < -0.39 is 10.0 Å². The largest absolute Gasteiger partial charge is 0.285 e. The molecule has 2 aromatic rings. The van der Waals surface area contributed by atoms with Crippen molar-refractivity contribution >= 4 is 21.6 Å². The first-order valence-corrected chi connectivity index (χ1v) is 6.73.